The Bertz CT molecular complexity index is 1120. The van der Waals surface area contributed by atoms with Crippen LogP contribution in [0.25, 0.3) is 17.4 Å². The molecule has 1 aliphatic rings. The van der Waals surface area contributed by atoms with Gasteiger partial charge in [-0.15, -0.1) is 5.10 Å². The Morgan fingerprint density at radius 3 is 2.63 bits per heavy atom. The van der Waals surface area contributed by atoms with Gasteiger partial charge in [0.05, 0.1) is 19.5 Å². The van der Waals surface area contributed by atoms with E-state index in [1.165, 1.54) is 15.8 Å². The zero-order valence-corrected chi connectivity index (χ0v) is 16.4. The zero-order chi connectivity index (χ0) is 20.3. The van der Waals surface area contributed by atoms with Gasteiger partial charge in [-0.3, -0.25) is 0 Å². The van der Waals surface area contributed by atoms with E-state index >= 15 is 0 Å². The van der Waals surface area contributed by atoms with Crippen LogP contribution in [0, 0.1) is 0 Å². The Morgan fingerprint density at radius 2 is 1.87 bits per heavy atom. The highest BCUT2D eigenvalue weighted by Gasteiger charge is 2.14. The van der Waals surface area contributed by atoms with Crippen molar-refractivity contribution in [1.29, 1.82) is 0 Å². The molecule has 0 unspecified atom stereocenters. The number of hydrogen-bond acceptors (Lipinski definition) is 9. The number of benzene rings is 1. The molecule has 1 fully saturated rings. The van der Waals surface area contributed by atoms with E-state index in [0.717, 1.165) is 32.7 Å². The van der Waals surface area contributed by atoms with Gasteiger partial charge in [0, 0.05) is 25.3 Å². The number of nitrogens with one attached hydrogen (secondary N) is 1. The van der Waals surface area contributed by atoms with Crippen LogP contribution in [0.15, 0.2) is 47.1 Å². The van der Waals surface area contributed by atoms with Crippen molar-refractivity contribution in [2.75, 3.05) is 48.8 Å². The summed E-state index contributed by atoms with van der Waals surface area (Å²) in [4.78, 5) is 15.4. The van der Waals surface area contributed by atoms with Gasteiger partial charge in [-0.2, -0.15) is 19.5 Å². The van der Waals surface area contributed by atoms with E-state index in [4.69, 9.17) is 14.9 Å². The second-order valence-corrected chi connectivity index (χ2v) is 6.97. The molecule has 4 heterocycles. The van der Waals surface area contributed by atoms with Crippen LogP contribution in [0.4, 0.5) is 17.6 Å². The van der Waals surface area contributed by atoms with Crippen molar-refractivity contribution < 1.29 is 9.15 Å². The summed E-state index contributed by atoms with van der Waals surface area (Å²) < 4.78 is 12.1. The van der Waals surface area contributed by atoms with Crippen molar-refractivity contribution >= 4 is 23.4 Å². The molecule has 10 nitrogen and oxygen atoms in total. The maximum atomic E-state index is 6.02. The van der Waals surface area contributed by atoms with Crippen LogP contribution in [0.3, 0.4) is 0 Å². The molecule has 0 radical (unpaired) electrons. The molecule has 0 spiro atoms. The summed E-state index contributed by atoms with van der Waals surface area (Å²) in [5.74, 6) is 1.96. The van der Waals surface area contributed by atoms with Gasteiger partial charge in [0.1, 0.15) is 0 Å². The van der Waals surface area contributed by atoms with Crippen LogP contribution >= 0.6 is 0 Å². The lowest BCUT2D eigenvalue weighted by Gasteiger charge is -2.28. The molecule has 3 aromatic heterocycles. The quantitative estimate of drug-likeness (QED) is 0.494. The van der Waals surface area contributed by atoms with Crippen LogP contribution in [0.1, 0.15) is 5.56 Å². The summed E-state index contributed by atoms with van der Waals surface area (Å²) in [5, 5.41) is 7.51. The smallest absolute Gasteiger partial charge is 0.259 e. The summed E-state index contributed by atoms with van der Waals surface area (Å²) in [5.41, 5.74) is 8.48. The lowest BCUT2D eigenvalue weighted by Crippen LogP contribution is -2.36. The first-order valence-electron chi connectivity index (χ1n) is 9.86. The average molecular weight is 406 g/mol. The minimum atomic E-state index is 0.211. The van der Waals surface area contributed by atoms with E-state index < -0.39 is 0 Å². The number of aromatic nitrogens is 5. The highest BCUT2D eigenvalue weighted by atomic mass is 16.5. The first-order chi connectivity index (χ1) is 14.8. The Labute approximate surface area is 172 Å². The van der Waals surface area contributed by atoms with E-state index in [2.05, 4.69) is 54.5 Å². The van der Waals surface area contributed by atoms with E-state index in [0.29, 0.717) is 29.9 Å². The second-order valence-electron chi connectivity index (χ2n) is 6.97. The molecule has 0 atom stereocenters. The van der Waals surface area contributed by atoms with E-state index in [9.17, 15) is 0 Å². The highest BCUT2D eigenvalue weighted by Crippen LogP contribution is 2.19. The molecule has 30 heavy (non-hydrogen) atoms. The summed E-state index contributed by atoms with van der Waals surface area (Å²) in [6, 6.07) is 12.2. The SMILES string of the molecule is Nc1nc(NCCc2ccc(N3CCOCC3)cc2)nc2nc(-c3ccco3)nn12. The molecular weight excluding hydrogens is 384 g/mol. The summed E-state index contributed by atoms with van der Waals surface area (Å²) in [6.45, 7) is 4.12. The zero-order valence-electron chi connectivity index (χ0n) is 16.4. The normalized spacial score (nSPS) is 14.3. The van der Waals surface area contributed by atoms with Gasteiger partial charge in [0.15, 0.2) is 5.76 Å². The summed E-state index contributed by atoms with van der Waals surface area (Å²) in [7, 11) is 0. The predicted molar refractivity (Wildman–Crippen MR) is 112 cm³/mol. The molecule has 3 N–H and O–H groups in total. The second kappa shape index (κ2) is 7.99. The predicted octanol–water partition coefficient (Wildman–Crippen LogP) is 1.85. The van der Waals surface area contributed by atoms with Crippen LogP contribution in [-0.2, 0) is 11.2 Å². The number of morpholine rings is 1. The van der Waals surface area contributed by atoms with Gasteiger partial charge in [0.25, 0.3) is 5.78 Å². The molecule has 0 bridgehead atoms. The summed E-state index contributed by atoms with van der Waals surface area (Å²) >= 11 is 0. The summed E-state index contributed by atoms with van der Waals surface area (Å²) in [6.07, 6.45) is 2.40. The van der Waals surface area contributed by atoms with Gasteiger partial charge >= 0.3 is 0 Å². The number of nitrogen functional groups attached to an aromatic ring is 1. The van der Waals surface area contributed by atoms with Crippen molar-refractivity contribution in [2.45, 2.75) is 6.42 Å². The number of ether oxygens (including phenoxy) is 1. The molecule has 1 saturated heterocycles. The first-order valence-corrected chi connectivity index (χ1v) is 9.86. The average Bonchev–Trinajstić information content (AvgIpc) is 3.45. The van der Waals surface area contributed by atoms with Gasteiger partial charge in [-0.05, 0) is 36.2 Å². The van der Waals surface area contributed by atoms with E-state index in [1.807, 2.05) is 0 Å². The van der Waals surface area contributed by atoms with Crippen LogP contribution < -0.4 is 16.0 Å². The van der Waals surface area contributed by atoms with E-state index in [1.54, 1.807) is 18.4 Å². The van der Waals surface area contributed by atoms with Gasteiger partial charge < -0.3 is 25.1 Å². The number of fused-ring (bicyclic) bond motifs is 1. The number of nitrogens with two attached hydrogens (primary N) is 1. The number of furan rings is 1. The van der Waals surface area contributed by atoms with E-state index in [-0.39, 0.29) is 5.95 Å². The van der Waals surface area contributed by atoms with Crippen molar-refractivity contribution in [2.24, 2.45) is 0 Å². The molecule has 1 aromatic carbocycles. The molecule has 0 aliphatic carbocycles. The highest BCUT2D eigenvalue weighted by molar-refractivity contribution is 5.53. The molecule has 4 aromatic rings. The molecule has 154 valence electrons. The molecule has 10 heteroatoms. The molecule has 0 saturated carbocycles. The lowest BCUT2D eigenvalue weighted by atomic mass is 10.1. The van der Waals surface area contributed by atoms with Crippen LogP contribution in [0.2, 0.25) is 0 Å². The number of rotatable bonds is 6. The Kier molecular flexibility index (Phi) is 4.89. The number of anilines is 3. The van der Waals surface area contributed by atoms with Gasteiger partial charge in [-0.25, -0.2) is 0 Å². The topological polar surface area (TPSA) is 120 Å². The van der Waals surface area contributed by atoms with Gasteiger partial charge in [0.2, 0.25) is 17.7 Å². The molecular formula is C20H22N8O2. The van der Waals surface area contributed by atoms with Crippen molar-refractivity contribution in [1.82, 2.24) is 24.6 Å². The van der Waals surface area contributed by atoms with Crippen LogP contribution in [0.5, 0.6) is 0 Å². The van der Waals surface area contributed by atoms with Crippen molar-refractivity contribution in [3.63, 3.8) is 0 Å². The Hall–Kier alpha value is -3.66. The Balaban J connectivity index is 1.23. The Morgan fingerprint density at radius 1 is 1.03 bits per heavy atom. The monoisotopic (exact) mass is 406 g/mol. The third-order valence-corrected chi connectivity index (χ3v) is 4.98. The minimum Gasteiger partial charge on any atom is -0.461 e. The number of hydrogen-bond donors (Lipinski definition) is 2. The maximum absolute atomic E-state index is 6.02. The maximum Gasteiger partial charge on any atom is 0.259 e. The largest absolute Gasteiger partial charge is 0.461 e. The van der Waals surface area contributed by atoms with Gasteiger partial charge in [-0.1, -0.05) is 12.1 Å². The van der Waals surface area contributed by atoms with Crippen molar-refractivity contribution in [3.05, 3.63) is 48.2 Å². The first kappa shape index (κ1) is 18.4. The lowest BCUT2D eigenvalue weighted by molar-refractivity contribution is 0.122. The fraction of sp³-hybridized carbons (Fsp3) is 0.300. The molecule has 5 rings (SSSR count). The fourth-order valence-corrected chi connectivity index (χ4v) is 3.41. The molecule has 0 amide bonds. The standard InChI is InChI=1S/C20H22N8O2/c21-18-24-19(25-20-23-17(26-28(18)20)16-2-1-11-30-16)22-8-7-14-3-5-15(6-4-14)27-9-12-29-13-10-27/h1-6,11H,7-10,12-13H2,(H3,21,22,23,24,25,26). The molecule has 1 aliphatic heterocycles. The minimum absolute atomic E-state index is 0.211. The third kappa shape index (κ3) is 3.77. The third-order valence-electron chi connectivity index (χ3n) is 4.98. The fourth-order valence-electron chi connectivity index (χ4n) is 3.41. The number of nitrogens with zero attached hydrogens (tertiary/aromatic N) is 6. The van der Waals surface area contributed by atoms with Crippen LogP contribution in [-0.4, -0.2) is 57.4 Å². The van der Waals surface area contributed by atoms with Crippen molar-refractivity contribution in [3.8, 4) is 11.6 Å².